The predicted octanol–water partition coefficient (Wildman–Crippen LogP) is 2.51. The van der Waals surface area contributed by atoms with Gasteiger partial charge in [0.05, 0.1) is 18.9 Å². The highest BCUT2D eigenvalue weighted by Gasteiger charge is 2.25. The first-order valence-electron chi connectivity index (χ1n) is 11.3. The third kappa shape index (κ3) is 4.62. The maximum Gasteiger partial charge on any atom is 0.290 e. The van der Waals surface area contributed by atoms with Gasteiger partial charge in [-0.05, 0) is 37.8 Å². The van der Waals surface area contributed by atoms with E-state index in [1.807, 2.05) is 35.0 Å². The number of rotatable bonds is 4. The normalized spacial score (nSPS) is 16.1. The quantitative estimate of drug-likeness (QED) is 0.453. The van der Waals surface area contributed by atoms with Crippen molar-refractivity contribution in [3.8, 4) is 5.69 Å². The van der Waals surface area contributed by atoms with Gasteiger partial charge in [-0.3, -0.25) is 20.4 Å². The molecule has 0 spiro atoms. The fourth-order valence-electron chi connectivity index (χ4n) is 4.25. The fourth-order valence-corrected chi connectivity index (χ4v) is 5.11. The van der Waals surface area contributed by atoms with Gasteiger partial charge in [0.2, 0.25) is 0 Å². The first-order chi connectivity index (χ1) is 16.2. The second kappa shape index (κ2) is 9.72. The van der Waals surface area contributed by atoms with E-state index in [0.29, 0.717) is 18.9 Å². The Morgan fingerprint density at radius 2 is 1.73 bits per heavy atom. The van der Waals surface area contributed by atoms with Crippen molar-refractivity contribution in [2.45, 2.75) is 32.1 Å². The first-order valence-corrected chi connectivity index (χ1v) is 12.1. The van der Waals surface area contributed by atoms with E-state index in [4.69, 9.17) is 4.74 Å². The molecule has 0 bridgehead atoms. The molecule has 1 saturated heterocycles. The molecule has 1 fully saturated rings. The van der Waals surface area contributed by atoms with Crippen molar-refractivity contribution in [3.63, 3.8) is 0 Å². The lowest BCUT2D eigenvalue weighted by molar-refractivity contribution is 0.0841. The number of hydrazine groups is 1. The second-order valence-corrected chi connectivity index (χ2v) is 8.94. The van der Waals surface area contributed by atoms with Crippen molar-refractivity contribution >= 4 is 28.3 Å². The molecule has 172 valence electrons. The minimum Gasteiger partial charge on any atom is -0.378 e. The summed E-state index contributed by atoms with van der Waals surface area (Å²) in [4.78, 5) is 32.1. The van der Waals surface area contributed by atoms with Crippen LogP contribution in [0.1, 0.15) is 51.5 Å². The van der Waals surface area contributed by atoms with Crippen LogP contribution in [-0.2, 0) is 17.6 Å². The van der Waals surface area contributed by atoms with Crippen molar-refractivity contribution in [1.82, 2.24) is 25.6 Å². The Kier molecular flexibility index (Phi) is 6.36. The number of thiazole rings is 1. The zero-order valence-corrected chi connectivity index (χ0v) is 19.1. The van der Waals surface area contributed by atoms with Crippen LogP contribution in [0.2, 0.25) is 0 Å². The highest BCUT2D eigenvalue weighted by Crippen LogP contribution is 2.26. The van der Waals surface area contributed by atoms with E-state index in [1.54, 1.807) is 5.38 Å². The Labute approximate surface area is 195 Å². The summed E-state index contributed by atoms with van der Waals surface area (Å²) in [7, 11) is 0. The highest BCUT2D eigenvalue weighted by molar-refractivity contribution is 7.13. The van der Waals surface area contributed by atoms with Crippen LogP contribution in [0.4, 0.5) is 5.13 Å². The van der Waals surface area contributed by atoms with Crippen LogP contribution in [0.15, 0.2) is 35.7 Å². The van der Waals surface area contributed by atoms with E-state index in [1.165, 1.54) is 11.3 Å². The van der Waals surface area contributed by atoms with Crippen molar-refractivity contribution in [2.75, 3.05) is 31.2 Å². The molecular weight excluding hydrogens is 440 g/mol. The first kappa shape index (κ1) is 21.6. The molecule has 3 heterocycles. The molecule has 1 aliphatic carbocycles. The van der Waals surface area contributed by atoms with E-state index in [9.17, 15) is 9.59 Å². The summed E-state index contributed by atoms with van der Waals surface area (Å²) in [5.41, 5.74) is 8.64. The van der Waals surface area contributed by atoms with Crippen LogP contribution >= 0.6 is 11.3 Å². The SMILES string of the molecule is O=C(NNC(=O)c1nn(-c2ccccc2)c2c1CCCCC2)c1csc(N2CCOCC2)n1. The average Bonchev–Trinajstić information content (AvgIpc) is 3.42. The van der Waals surface area contributed by atoms with Crippen LogP contribution in [0.25, 0.3) is 5.69 Å². The molecule has 2 amide bonds. The Bertz CT molecular complexity index is 1140. The van der Waals surface area contributed by atoms with Crippen LogP contribution in [0, 0.1) is 0 Å². The maximum absolute atomic E-state index is 13.0. The summed E-state index contributed by atoms with van der Waals surface area (Å²) in [6.45, 7) is 2.80. The van der Waals surface area contributed by atoms with Crippen LogP contribution in [-0.4, -0.2) is 52.9 Å². The number of benzene rings is 1. The Morgan fingerprint density at radius 1 is 0.970 bits per heavy atom. The molecular formula is C23H26N6O3S. The molecule has 1 aromatic carbocycles. The standard InChI is InChI=1S/C23H26N6O3S/c30-21(18-15-33-23(24-18)28-11-13-32-14-12-28)25-26-22(31)20-17-9-5-2-6-10-19(17)29(27-20)16-7-3-1-4-8-16/h1,3-4,7-8,15H,2,5-6,9-14H2,(H,25,30)(H,26,31). The molecule has 2 N–H and O–H groups in total. The molecule has 0 radical (unpaired) electrons. The maximum atomic E-state index is 13.0. The summed E-state index contributed by atoms with van der Waals surface area (Å²) in [5, 5.41) is 7.12. The molecule has 5 rings (SSSR count). The molecule has 10 heteroatoms. The minimum absolute atomic E-state index is 0.274. The number of nitrogens with one attached hydrogen (secondary N) is 2. The van der Waals surface area contributed by atoms with E-state index in [2.05, 4.69) is 25.8 Å². The summed E-state index contributed by atoms with van der Waals surface area (Å²) in [5.74, 6) is -0.868. The number of carbonyl (C=O) groups excluding carboxylic acids is 2. The zero-order chi connectivity index (χ0) is 22.6. The number of fused-ring (bicyclic) bond motifs is 1. The summed E-state index contributed by atoms with van der Waals surface area (Å²) < 4.78 is 7.23. The lowest BCUT2D eigenvalue weighted by Crippen LogP contribution is -2.42. The Hall–Kier alpha value is -3.24. The van der Waals surface area contributed by atoms with Gasteiger partial charge in [0.1, 0.15) is 5.69 Å². The monoisotopic (exact) mass is 466 g/mol. The van der Waals surface area contributed by atoms with Gasteiger partial charge >= 0.3 is 0 Å². The van der Waals surface area contributed by atoms with Crippen LogP contribution in [0.5, 0.6) is 0 Å². The molecule has 2 aliphatic rings. The Morgan fingerprint density at radius 3 is 2.55 bits per heavy atom. The van der Waals surface area contributed by atoms with Gasteiger partial charge in [-0.25, -0.2) is 9.67 Å². The highest BCUT2D eigenvalue weighted by atomic mass is 32.1. The predicted molar refractivity (Wildman–Crippen MR) is 125 cm³/mol. The number of hydrogen-bond acceptors (Lipinski definition) is 7. The lowest BCUT2D eigenvalue weighted by Gasteiger charge is -2.25. The molecule has 0 atom stereocenters. The molecule has 9 nitrogen and oxygen atoms in total. The zero-order valence-electron chi connectivity index (χ0n) is 18.2. The van der Waals surface area contributed by atoms with Gasteiger partial charge in [-0.1, -0.05) is 24.6 Å². The number of nitrogens with zero attached hydrogens (tertiary/aromatic N) is 4. The van der Waals surface area contributed by atoms with E-state index >= 15 is 0 Å². The van der Waals surface area contributed by atoms with Gasteiger partial charge in [0.15, 0.2) is 10.8 Å². The largest absolute Gasteiger partial charge is 0.378 e. The number of amides is 2. The second-order valence-electron chi connectivity index (χ2n) is 8.10. The van der Waals surface area contributed by atoms with Crippen LogP contribution in [0.3, 0.4) is 0 Å². The smallest absolute Gasteiger partial charge is 0.290 e. The van der Waals surface area contributed by atoms with E-state index < -0.39 is 11.8 Å². The third-order valence-corrected chi connectivity index (χ3v) is 6.84. The third-order valence-electron chi connectivity index (χ3n) is 5.94. The number of hydrogen-bond donors (Lipinski definition) is 2. The van der Waals surface area contributed by atoms with Crippen molar-refractivity contribution < 1.29 is 14.3 Å². The topological polar surface area (TPSA) is 101 Å². The molecule has 0 saturated carbocycles. The van der Waals surface area contributed by atoms with Crippen LogP contribution < -0.4 is 15.8 Å². The number of aromatic nitrogens is 3. The number of para-hydroxylation sites is 1. The molecule has 3 aromatic rings. The molecule has 1 aliphatic heterocycles. The Balaban J connectivity index is 1.30. The van der Waals surface area contributed by atoms with Gasteiger partial charge in [0, 0.05) is 29.7 Å². The van der Waals surface area contributed by atoms with Gasteiger partial charge < -0.3 is 9.64 Å². The number of carbonyl (C=O) groups is 2. The van der Waals surface area contributed by atoms with Gasteiger partial charge in [-0.2, -0.15) is 5.10 Å². The van der Waals surface area contributed by atoms with E-state index in [-0.39, 0.29) is 5.69 Å². The van der Waals surface area contributed by atoms with Crippen molar-refractivity contribution in [2.24, 2.45) is 0 Å². The lowest BCUT2D eigenvalue weighted by atomic mass is 10.1. The van der Waals surface area contributed by atoms with Crippen molar-refractivity contribution in [1.29, 1.82) is 0 Å². The average molecular weight is 467 g/mol. The van der Waals surface area contributed by atoms with Gasteiger partial charge in [0.25, 0.3) is 11.8 Å². The number of morpholine rings is 1. The molecule has 33 heavy (non-hydrogen) atoms. The minimum atomic E-state index is -0.451. The summed E-state index contributed by atoms with van der Waals surface area (Å²) in [6.07, 6.45) is 4.88. The fraction of sp³-hybridized carbons (Fsp3) is 0.391. The van der Waals surface area contributed by atoms with Gasteiger partial charge in [-0.15, -0.1) is 11.3 Å². The molecule has 0 unspecified atom stereocenters. The van der Waals surface area contributed by atoms with Crippen molar-refractivity contribution in [3.05, 3.63) is 58.4 Å². The summed E-state index contributed by atoms with van der Waals surface area (Å²) in [6, 6.07) is 9.84. The summed E-state index contributed by atoms with van der Waals surface area (Å²) >= 11 is 1.41. The number of ether oxygens (including phenoxy) is 1. The number of anilines is 1. The van der Waals surface area contributed by atoms with E-state index in [0.717, 1.165) is 67.3 Å². The molecule has 2 aromatic heterocycles.